The average molecular weight is 170 g/mol. The van der Waals surface area contributed by atoms with Crippen molar-refractivity contribution in [1.29, 1.82) is 0 Å². The highest BCUT2D eigenvalue weighted by Gasteiger charge is 2.47. The number of nitrogens with zero attached hydrogens (tertiary/aromatic N) is 1. The minimum absolute atomic E-state index is 0.436. The van der Waals surface area contributed by atoms with Gasteiger partial charge in [-0.25, -0.2) is 0 Å². The molecule has 0 amide bonds. The number of fused-ring (bicyclic) bond motifs is 1. The Morgan fingerprint density at radius 2 is 2.42 bits per heavy atom. The molecule has 2 atom stereocenters. The van der Waals surface area contributed by atoms with Gasteiger partial charge in [0.25, 0.3) is 0 Å². The highest BCUT2D eigenvalue weighted by Crippen LogP contribution is 2.32. The Morgan fingerprint density at radius 3 is 3.00 bits per heavy atom. The quantitative estimate of drug-likeness (QED) is 0.564. The van der Waals surface area contributed by atoms with Crippen LogP contribution in [0.15, 0.2) is 0 Å². The van der Waals surface area contributed by atoms with Crippen LogP contribution in [0.2, 0.25) is 0 Å². The van der Waals surface area contributed by atoms with Crippen molar-refractivity contribution in [1.82, 2.24) is 4.90 Å². The molecule has 0 aromatic carbocycles. The van der Waals surface area contributed by atoms with Crippen molar-refractivity contribution >= 4 is 5.97 Å². The molecule has 0 radical (unpaired) electrons. The van der Waals surface area contributed by atoms with Crippen LogP contribution in [0.3, 0.4) is 0 Å². The van der Waals surface area contributed by atoms with Crippen LogP contribution in [0.25, 0.3) is 0 Å². The number of rotatable bonds is 1. The number of hydrogen-bond donors (Lipinski definition) is 2. The van der Waals surface area contributed by atoms with Crippen LogP contribution < -0.4 is 5.73 Å². The van der Waals surface area contributed by atoms with Crippen LogP contribution >= 0.6 is 0 Å². The van der Waals surface area contributed by atoms with E-state index in [1.807, 2.05) is 0 Å². The van der Waals surface area contributed by atoms with E-state index < -0.39 is 11.5 Å². The fourth-order valence-corrected chi connectivity index (χ4v) is 2.34. The van der Waals surface area contributed by atoms with E-state index in [9.17, 15) is 4.79 Å². The van der Waals surface area contributed by atoms with E-state index in [-0.39, 0.29) is 0 Å². The molecule has 4 heteroatoms. The van der Waals surface area contributed by atoms with Crippen LogP contribution in [0, 0.1) is 0 Å². The van der Waals surface area contributed by atoms with Gasteiger partial charge in [0, 0.05) is 12.6 Å². The first-order valence-corrected chi connectivity index (χ1v) is 4.38. The summed E-state index contributed by atoms with van der Waals surface area (Å²) in [7, 11) is 0. The second-order valence-corrected chi connectivity index (χ2v) is 3.93. The summed E-state index contributed by atoms with van der Waals surface area (Å²) in [5, 5.41) is 8.88. The zero-order valence-corrected chi connectivity index (χ0v) is 6.99. The van der Waals surface area contributed by atoms with Crippen LogP contribution in [0.4, 0.5) is 0 Å². The first kappa shape index (κ1) is 8.01. The van der Waals surface area contributed by atoms with E-state index in [0.29, 0.717) is 19.0 Å². The summed E-state index contributed by atoms with van der Waals surface area (Å²) in [6, 6.07) is 0.436. The molecule has 3 N–H and O–H groups in total. The molecule has 2 fully saturated rings. The fourth-order valence-electron chi connectivity index (χ4n) is 2.34. The molecule has 68 valence electrons. The van der Waals surface area contributed by atoms with Gasteiger partial charge in [0.2, 0.25) is 0 Å². The third kappa shape index (κ3) is 1.03. The molecule has 0 spiro atoms. The van der Waals surface area contributed by atoms with E-state index in [0.717, 1.165) is 13.0 Å². The second kappa shape index (κ2) is 2.44. The van der Waals surface area contributed by atoms with E-state index in [1.165, 1.54) is 6.42 Å². The summed E-state index contributed by atoms with van der Waals surface area (Å²) < 4.78 is 0. The van der Waals surface area contributed by atoms with Crippen LogP contribution in [0.1, 0.15) is 19.3 Å². The molecule has 2 aliphatic rings. The third-order valence-electron chi connectivity index (χ3n) is 3.01. The SMILES string of the molecule is NC1(C(=O)O)CC2CCCN2C1. The molecule has 0 aromatic rings. The van der Waals surface area contributed by atoms with Crippen molar-refractivity contribution in [3.05, 3.63) is 0 Å². The molecule has 2 aliphatic heterocycles. The fraction of sp³-hybridized carbons (Fsp3) is 0.875. The zero-order chi connectivity index (χ0) is 8.77. The molecule has 0 saturated carbocycles. The smallest absolute Gasteiger partial charge is 0.325 e. The lowest BCUT2D eigenvalue weighted by Crippen LogP contribution is -2.50. The summed E-state index contributed by atoms with van der Waals surface area (Å²) in [4.78, 5) is 13.0. The molecule has 0 aromatic heterocycles. The van der Waals surface area contributed by atoms with E-state index in [2.05, 4.69) is 4.90 Å². The molecule has 12 heavy (non-hydrogen) atoms. The van der Waals surface area contributed by atoms with Crippen molar-refractivity contribution in [3.63, 3.8) is 0 Å². The van der Waals surface area contributed by atoms with Crippen LogP contribution in [-0.2, 0) is 4.79 Å². The number of hydrogen-bond acceptors (Lipinski definition) is 3. The van der Waals surface area contributed by atoms with Gasteiger partial charge in [0.15, 0.2) is 0 Å². The minimum Gasteiger partial charge on any atom is -0.480 e. The zero-order valence-electron chi connectivity index (χ0n) is 6.99. The van der Waals surface area contributed by atoms with Gasteiger partial charge < -0.3 is 10.8 Å². The number of carboxylic acid groups (broad SMARTS) is 1. The Morgan fingerprint density at radius 1 is 1.67 bits per heavy atom. The maximum absolute atomic E-state index is 10.8. The maximum atomic E-state index is 10.8. The second-order valence-electron chi connectivity index (χ2n) is 3.93. The van der Waals surface area contributed by atoms with Crippen molar-refractivity contribution in [2.45, 2.75) is 30.8 Å². The van der Waals surface area contributed by atoms with Crippen molar-refractivity contribution in [2.24, 2.45) is 5.73 Å². The van der Waals surface area contributed by atoms with Gasteiger partial charge in [-0.15, -0.1) is 0 Å². The average Bonchev–Trinajstić information content (AvgIpc) is 2.44. The monoisotopic (exact) mass is 170 g/mol. The lowest BCUT2D eigenvalue weighted by molar-refractivity contribution is -0.142. The van der Waals surface area contributed by atoms with Crippen molar-refractivity contribution in [2.75, 3.05) is 13.1 Å². The Hall–Kier alpha value is -0.610. The summed E-state index contributed by atoms with van der Waals surface area (Å²) in [5.41, 5.74) is 4.78. The van der Waals surface area contributed by atoms with E-state index in [1.54, 1.807) is 0 Å². The molecule has 0 aliphatic carbocycles. The first-order chi connectivity index (χ1) is 5.62. The van der Waals surface area contributed by atoms with Crippen molar-refractivity contribution < 1.29 is 9.90 Å². The Bertz CT molecular complexity index is 205. The molecule has 4 nitrogen and oxygen atoms in total. The maximum Gasteiger partial charge on any atom is 0.325 e. The predicted octanol–water partition coefficient (Wildman–Crippen LogP) is -0.363. The predicted molar refractivity (Wildman–Crippen MR) is 43.8 cm³/mol. The van der Waals surface area contributed by atoms with Gasteiger partial charge in [0.1, 0.15) is 5.54 Å². The summed E-state index contributed by atoms with van der Waals surface area (Å²) in [6.07, 6.45) is 2.94. The standard InChI is InChI=1S/C8H14N2O2/c9-8(7(11)12)4-6-2-1-3-10(6)5-8/h6H,1-5,9H2,(H,11,12). The first-order valence-electron chi connectivity index (χ1n) is 4.38. The molecule has 2 rings (SSSR count). The summed E-state index contributed by atoms with van der Waals surface area (Å²) in [5.74, 6) is -0.850. The van der Waals surface area contributed by atoms with Gasteiger partial charge in [0.05, 0.1) is 0 Å². The molecule has 2 unspecified atom stereocenters. The lowest BCUT2D eigenvalue weighted by atomic mass is 9.96. The minimum atomic E-state index is -0.967. The molecule has 0 bridgehead atoms. The van der Waals surface area contributed by atoms with E-state index in [4.69, 9.17) is 10.8 Å². The third-order valence-corrected chi connectivity index (χ3v) is 3.01. The van der Waals surface area contributed by atoms with Crippen LogP contribution in [-0.4, -0.2) is 40.6 Å². The number of carbonyl (C=O) groups is 1. The Labute approximate surface area is 71.3 Å². The van der Waals surface area contributed by atoms with Gasteiger partial charge in [-0.1, -0.05) is 0 Å². The largest absolute Gasteiger partial charge is 0.480 e. The van der Waals surface area contributed by atoms with Gasteiger partial charge in [-0.2, -0.15) is 0 Å². The highest BCUT2D eigenvalue weighted by atomic mass is 16.4. The highest BCUT2D eigenvalue weighted by molar-refractivity contribution is 5.79. The van der Waals surface area contributed by atoms with E-state index >= 15 is 0 Å². The van der Waals surface area contributed by atoms with Crippen molar-refractivity contribution in [3.8, 4) is 0 Å². The Kier molecular flexibility index (Phi) is 1.63. The number of carboxylic acids is 1. The molecular weight excluding hydrogens is 156 g/mol. The summed E-state index contributed by atoms with van der Waals surface area (Å²) >= 11 is 0. The number of nitrogens with two attached hydrogens (primary N) is 1. The summed E-state index contributed by atoms with van der Waals surface area (Å²) in [6.45, 7) is 1.56. The molecule has 2 heterocycles. The molecule has 2 saturated heterocycles. The number of aliphatic carboxylic acids is 1. The topological polar surface area (TPSA) is 66.6 Å². The van der Waals surface area contributed by atoms with Crippen LogP contribution in [0.5, 0.6) is 0 Å². The van der Waals surface area contributed by atoms with Gasteiger partial charge in [-0.05, 0) is 25.8 Å². The van der Waals surface area contributed by atoms with Gasteiger partial charge >= 0.3 is 5.97 Å². The lowest BCUT2D eigenvalue weighted by Gasteiger charge is -2.18. The molecular formula is C8H14N2O2. The Balaban J connectivity index is 2.11. The normalized spacial score (nSPS) is 41.6. The van der Waals surface area contributed by atoms with Gasteiger partial charge in [-0.3, -0.25) is 9.69 Å².